The van der Waals surface area contributed by atoms with Crippen LogP contribution in [-0.2, 0) is 25.9 Å². The maximum atomic E-state index is 13.0. The van der Waals surface area contributed by atoms with E-state index in [0.29, 0.717) is 6.54 Å². The third kappa shape index (κ3) is 4.36. The summed E-state index contributed by atoms with van der Waals surface area (Å²) in [6, 6.07) is 16.8. The van der Waals surface area contributed by atoms with Crippen LogP contribution in [0.1, 0.15) is 45.5 Å². The molecule has 0 aliphatic heterocycles. The van der Waals surface area contributed by atoms with Gasteiger partial charge in [0, 0.05) is 42.0 Å². The summed E-state index contributed by atoms with van der Waals surface area (Å²) >= 11 is 0. The van der Waals surface area contributed by atoms with Gasteiger partial charge in [-0.15, -0.1) is 0 Å². The van der Waals surface area contributed by atoms with Gasteiger partial charge in [0.25, 0.3) is 0 Å². The summed E-state index contributed by atoms with van der Waals surface area (Å²) in [5.41, 5.74) is 6.74. The number of hydrogen-bond donors (Lipinski definition) is 0. The second-order valence-electron chi connectivity index (χ2n) is 7.26. The fourth-order valence-corrected chi connectivity index (χ4v) is 3.60. The Hall–Kier alpha value is -2.68. The van der Waals surface area contributed by atoms with Gasteiger partial charge in [0.1, 0.15) is 0 Å². The van der Waals surface area contributed by atoms with Crippen LogP contribution < -0.4 is 4.57 Å². The first-order valence-corrected chi connectivity index (χ1v) is 9.72. The number of pyridine rings is 1. The first-order valence-electron chi connectivity index (χ1n) is 9.72. The normalized spacial score (nSPS) is 11.0. The van der Waals surface area contributed by atoms with Crippen LogP contribution >= 0.6 is 0 Å². The second-order valence-corrected chi connectivity index (χ2v) is 7.26. The Bertz CT molecular complexity index is 939. The van der Waals surface area contributed by atoms with Gasteiger partial charge in [0.15, 0.2) is 11.9 Å². The quantitative estimate of drug-likeness (QED) is 0.453. The predicted molar refractivity (Wildman–Crippen MR) is 109 cm³/mol. The van der Waals surface area contributed by atoms with Crippen molar-refractivity contribution in [3.05, 3.63) is 88.5 Å². The Labute approximate surface area is 162 Å². The van der Waals surface area contributed by atoms with Gasteiger partial charge in [-0.25, -0.2) is 0 Å². The summed E-state index contributed by atoms with van der Waals surface area (Å²) in [6.07, 6.45) is 4.04. The monoisotopic (exact) mass is 361 g/mol. The second kappa shape index (κ2) is 8.34. The highest BCUT2D eigenvalue weighted by Gasteiger charge is 2.20. The Morgan fingerprint density at radius 3 is 2.44 bits per heavy atom. The van der Waals surface area contributed by atoms with Crippen LogP contribution in [0.5, 0.6) is 0 Å². The molecule has 0 saturated carbocycles. The standard InChI is InChI=1S/C24H29N2O/c1-5-21-12-11-18(2)25(16-21)17-24(27)23-15-19(3)26(20(23)4)14-13-22-9-7-6-8-10-22/h6-12,15-16H,5,13-14,17H2,1-4H3/q+1. The Morgan fingerprint density at radius 1 is 1.00 bits per heavy atom. The molecule has 3 nitrogen and oxygen atoms in total. The van der Waals surface area contributed by atoms with Gasteiger partial charge < -0.3 is 4.57 Å². The zero-order valence-electron chi connectivity index (χ0n) is 16.8. The number of aryl methyl sites for hydroxylation is 4. The molecule has 0 amide bonds. The van der Waals surface area contributed by atoms with Gasteiger partial charge in [-0.2, -0.15) is 4.57 Å². The number of carbonyl (C=O) groups is 1. The van der Waals surface area contributed by atoms with Gasteiger partial charge in [-0.1, -0.05) is 37.3 Å². The first kappa shape index (κ1) is 19.1. The fraction of sp³-hybridized carbons (Fsp3) is 0.333. The van der Waals surface area contributed by atoms with Gasteiger partial charge in [-0.3, -0.25) is 4.79 Å². The first-order chi connectivity index (χ1) is 13.0. The molecule has 1 aromatic carbocycles. The van der Waals surface area contributed by atoms with Gasteiger partial charge in [0.05, 0.1) is 0 Å². The lowest BCUT2D eigenvalue weighted by atomic mass is 10.1. The van der Waals surface area contributed by atoms with Crippen LogP contribution in [0.3, 0.4) is 0 Å². The molecule has 3 aromatic rings. The van der Waals surface area contributed by atoms with Gasteiger partial charge in [0.2, 0.25) is 12.3 Å². The van der Waals surface area contributed by atoms with Gasteiger partial charge in [-0.05, 0) is 44.4 Å². The molecule has 0 atom stereocenters. The molecule has 0 fully saturated rings. The number of Topliss-reactive ketones (excluding diaryl/α,β-unsaturated/α-hetero) is 1. The van der Waals surface area contributed by atoms with E-state index in [2.05, 4.69) is 79.4 Å². The topological polar surface area (TPSA) is 25.9 Å². The number of aromatic nitrogens is 2. The molecule has 3 heteroatoms. The van der Waals surface area contributed by atoms with E-state index in [9.17, 15) is 4.79 Å². The van der Waals surface area contributed by atoms with Crippen LogP contribution in [0, 0.1) is 20.8 Å². The van der Waals surface area contributed by atoms with E-state index >= 15 is 0 Å². The summed E-state index contributed by atoms with van der Waals surface area (Å²) < 4.78 is 4.33. The van der Waals surface area contributed by atoms with Crippen molar-refractivity contribution in [3.63, 3.8) is 0 Å². The molecule has 0 radical (unpaired) electrons. The van der Waals surface area contributed by atoms with E-state index in [4.69, 9.17) is 0 Å². The minimum Gasteiger partial charge on any atom is -0.348 e. The zero-order chi connectivity index (χ0) is 19.4. The highest BCUT2D eigenvalue weighted by atomic mass is 16.1. The van der Waals surface area contributed by atoms with Crippen LogP contribution in [0.15, 0.2) is 54.7 Å². The summed E-state index contributed by atoms with van der Waals surface area (Å²) in [5, 5.41) is 0. The molecule has 2 aromatic heterocycles. The molecule has 2 heterocycles. The van der Waals surface area contributed by atoms with E-state index in [1.807, 2.05) is 12.1 Å². The molecule has 0 aliphatic carbocycles. The third-order valence-corrected chi connectivity index (χ3v) is 5.38. The summed E-state index contributed by atoms with van der Waals surface area (Å²) in [4.78, 5) is 13.0. The summed E-state index contributed by atoms with van der Waals surface area (Å²) in [5.74, 6) is 0.176. The highest BCUT2D eigenvalue weighted by Crippen LogP contribution is 2.17. The minimum atomic E-state index is 0.176. The lowest BCUT2D eigenvalue weighted by Crippen LogP contribution is -2.41. The van der Waals surface area contributed by atoms with Crippen molar-refractivity contribution < 1.29 is 9.36 Å². The summed E-state index contributed by atoms with van der Waals surface area (Å²) in [7, 11) is 0. The maximum absolute atomic E-state index is 13.0. The van der Waals surface area contributed by atoms with E-state index in [0.717, 1.165) is 42.0 Å². The van der Waals surface area contributed by atoms with Crippen molar-refractivity contribution in [1.29, 1.82) is 0 Å². The van der Waals surface area contributed by atoms with Crippen molar-refractivity contribution in [3.8, 4) is 0 Å². The number of ketones is 1. The van der Waals surface area contributed by atoms with Crippen LogP contribution in [0.2, 0.25) is 0 Å². The number of rotatable bonds is 7. The van der Waals surface area contributed by atoms with Crippen molar-refractivity contribution in [2.45, 2.75) is 53.6 Å². The van der Waals surface area contributed by atoms with Crippen molar-refractivity contribution in [2.75, 3.05) is 0 Å². The van der Waals surface area contributed by atoms with Crippen molar-refractivity contribution >= 4 is 5.78 Å². The molecule has 0 saturated heterocycles. The fourth-order valence-electron chi connectivity index (χ4n) is 3.60. The predicted octanol–water partition coefficient (Wildman–Crippen LogP) is 4.39. The van der Waals surface area contributed by atoms with E-state index in [1.165, 1.54) is 11.1 Å². The van der Waals surface area contributed by atoms with E-state index in [-0.39, 0.29) is 5.78 Å². The molecule has 27 heavy (non-hydrogen) atoms. The number of hydrogen-bond acceptors (Lipinski definition) is 1. The average molecular weight is 362 g/mol. The van der Waals surface area contributed by atoms with Crippen molar-refractivity contribution in [2.24, 2.45) is 0 Å². The smallest absolute Gasteiger partial charge is 0.229 e. The highest BCUT2D eigenvalue weighted by molar-refractivity contribution is 5.96. The molecule has 3 rings (SSSR count). The molecule has 0 aliphatic rings. The molecular formula is C24H29N2O+. The Kier molecular flexibility index (Phi) is 5.90. The third-order valence-electron chi connectivity index (χ3n) is 5.38. The maximum Gasteiger partial charge on any atom is 0.229 e. The van der Waals surface area contributed by atoms with E-state index < -0.39 is 0 Å². The largest absolute Gasteiger partial charge is 0.348 e. The summed E-state index contributed by atoms with van der Waals surface area (Å²) in [6.45, 7) is 9.62. The molecular weight excluding hydrogens is 332 g/mol. The number of nitrogens with zero attached hydrogens (tertiary/aromatic N) is 2. The molecule has 0 N–H and O–H groups in total. The average Bonchev–Trinajstić information content (AvgIpc) is 2.96. The Balaban J connectivity index is 1.78. The molecule has 0 unspecified atom stereocenters. The number of benzene rings is 1. The van der Waals surface area contributed by atoms with Crippen molar-refractivity contribution in [1.82, 2.24) is 4.57 Å². The Morgan fingerprint density at radius 2 is 1.74 bits per heavy atom. The molecule has 0 bridgehead atoms. The van der Waals surface area contributed by atoms with Crippen LogP contribution in [0.25, 0.3) is 0 Å². The lowest BCUT2D eigenvalue weighted by molar-refractivity contribution is -0.689. The van der Waals surface area contributed by atoms with E-state index in [1.54, 1.807) is 0 Å². The molecule has 0 spiro atoms. The number of carbonyl (C=O) groups excluding carboxylic acids is 1. The lowest BCUT2D eigenvalue weighted by Gasteiger charge is -2.10. The van der Waals surface area contributed by atoms with Crippen LogP contribution in [0.4, 0.5) is 0 Å². The SMILES string of the molecule is CCc1ccc(C)[n+](CC(=O)c2cc(C)n(CCc3ccccc3)c2C)c1. The zero-order valence-corrected chi connectivity index (χ0v) is 16.8. The van der Waals surface area contributed by atoms with Gasteiger partial charge >= 0.3 is 0 Å². The molecule has 140 valence electrons. The van der Waals surface area contributed by atoms with Crippen LogP contribution in [-0.4, -0.2) is 10.4 Å². The minimum absolute atomic E-state index is 0.176.